The summed E-state index contributed by atoms with van der Waals surface area (Å²) < 4.78 is 33.2. The Kier molecular flexibility index (Phi) is 7.94. The van der Waals surface area contributed by atoms with Crippen molar-refractivity contribution in [2.24, 2.45) is 0 Å². The largest absolute Gasteiger partial charge is 0.480 e. The summed E-state index contributed by atoms with van der Waals surface area (Å²) in [6.07, 6.45) is 4.96. The highest BCUT2D eigenvalue weighted by Gasteiger charge is 2.53. The van der Waals surface area contributed by atoms with Crippen LogP contribution in [0, 0.1) is 0 Å². The summed E-state index contributed by atoms with van der Waals surface area (Å²) in [6, 6.07) is 3.03. The van der Waals surface area contributed by atoms with E-state index in [0.29, 0.717) is 19.4 Å². The molecule has 0 bridgehead atoms. The number of aromatic nitrogens is 3. The molecule has 1 amide bonds. The highest BCUT2D eigenvalue weighted by atomic mass is 19.3. The molecule has 35 heavy (non-hydrogen) atoms. The van der Waals surface area contributed by atoms with Crippen LogP contribution in [0.3, 0.4) is 0 Å². The molecule has 1 atom stereocenters. The average Bonchev–Trinajstić information content (AvgIpc) is 3.50. The number of nitrogens with zero attached hydrogens (tertiary/aromatic N) is 3. The molecule has 0 radical (unpaired) electrons. The molecule has 1 aliphatic carbocycles. The molecule has 1 fully saturated rings. The van der Waals surface area contributed by atoms with Crippen LogP contribution in [0.5, 0.6) is 0 Å². The predicted octanol–water partition coefficient (Wildman–Crippen LogP) is 3.06. The molecular formula is C24H31F2N5O4. The molecule has 1 unspecified atom stereocenters. The summed E-state index contributed by atoms with van der Waals surface area (Å²) in [4.78, 5) is 32.8. The number of carbonyl (C=O) groups is 2. The Hall–Kier alpha value is -3.08. The van der Waals surface area contributed by atoms with Crippen molar-refractivity contribution in [3.05, 3.63) is 41.6 Å². The second-order valence-corrected chi connectivity index (χ2v) is 9.08. The Balaban J connectivity index is 1.17. The number of carboxylic acids is 1. The number of halogens is 2. The molecule has 9 nitrogen and oxygen atoms in total. The van der Waals surface area contributed by atoms with Gasteiger partial charge < -0.3 is 25.0 Å². The molecule has 4 rings (SSSR count). The van der Waals surface area contributed by atoms with Gasteiger partial charge in [0.1, 0.15) is 23.1 Å². The molecule has 190 valence electrons. The number of hydrogen-bond donors (Lipinski definition) is 3. The number of aryl methyl sites for hydroxylation is 2. The zero-order valence-electron chi connectivity index (χ0n) is 19.5. The van der Waals surface area contributed by atoms with Gasteiger partial charge >= 0.3 is 5.97 Å². The number of nitrogens with one attached hydrogen (secondary N) is 2. The third-order valence-corrected chi connectivity index (χ3v) is 6.58. The van der Waals surface area contributed by atoms with E-state index < -0.39 is 29.9 Å². The van der Waals surface area contributed by atoms with E-state index in [1.165, 1.54) is 11.9 Å². The van der Waals surface area contributed by atoms with Crippen LogP contribution in [0.25, 0.3) is 0 Å². The van der Waals surface area contributed by atoms with Crippen LogP contribution in [0.1, 0.15) is 61.9 Å². The summed E-state index contributed by atoms with van der Waals surface area (Å²) >= 11 is 0. The lowest BCUT2D eigenvalue weighted by Gasteiger charge is -2.22. The maximum absolute atomic E-state index is 13.2. The SMILES string of the molecule is O=C(O)C(CCOCCCCc1ccc2c(n1)NCCC2)NC(=O)C1(n2cncc2C(F)F)CC1. The minimum absolute atomic E-state index is 0.0842. The van der Waals surface area contributed by atoms with Crippen molar-refractivity contribution in [2.75, 3.05) is 25.1 Å². The molecule has 11 heteroatoms. The Morgan fingerprint density at radius 1 is 1.26 bits per heavy atom. The Bertz CT molecular complexity index is 1040. The number of ether oxygens (including phenoxy) is 1. The van der Waals surface area contributed by atoms with Gasteiger partial charge in [-0.25, -0.2) is 23.5 Å². The number of imidazole rings is 1. The van der Waals surface area contributed by atoms with Crippen molar-refractivity contribution < 1.29 is 28.2 Å². The molecule has 2 aromatic heterocycles. The molecule has 3 N–H and O–H groups in total. The molecule has 0 saturated heterocycles. The monoisotopic (exact) mass is 491 g/mol. The third kappa shape index (κ3) is 5.95. The molecule has 0 spiro atoms. The van der Waals surface area contributed by atoms with E-state index in [4.69, 9.17) is 4.74 Å². The Morgan fingerprint density at radius 2 is 2.09 bits per heavy atom. The molecule has 0 aromatic carbocycles. The highest BCUT2D eigenvalue weighted by Crippen LogP contribution is 2.45. The normalized spacial score (nSPS) is 16.9. The van der Waals surface area contributed by atoms with Crippen LogP contribution in [0.2, 0.25) is 0 Å². The van der Waals surface area contributed by atoms with E-state index in [0.717, 1.165) is 60.9 Å². The summed E-state index contributed by atoms with van der Waals surface area (Å²) in [5, 5.41) is 15.3. The van der Waals surface area contributed by atoms with Gasteiger partial charge in [0.25, 0.3) is 6.43 Å². The van der Waals surface area contributed by atoms with Gasteiger partial charge in [-0.05, 0) is 56.6 Å². The van der Waals surface area contributed by atoms with E-state index in [1.807, 2.05) is 0 Å². The number of amides is 1. The Labute approximate surface area is 202 Å². The standard InChI is InChI=1S/C24H31F2N5O4/c25-20(26)19-14-27-15-31(19)24(9-10-24)23(34)30-18(22(32)33)8-13-35-12-2-1-5-17-7-6-16-4-3-11-28-21(16)29-17/h6-7,14-15,18,20H,1-5,8-13H2,(H,28,29)(H,30,34)(H,32,33). The minimum atomic E-state index is -2.77. The number of fused-ring (bicyclic) bond motifs is 1. The van der Waals surface area contributed by atoms with Crippen LogP contribution in [0.15, 0.2) is 24.7 Å². The van der Waals surface area contributed by atoms with Gasteiger partial charge in [0.05, 0.1) is 12.5 Å². The second kappa shape index (κ2) is 11.1. The van der Waals surface area contributed by atoms with E-state index in [2.05, 4.69) is 32.7 Å². The topological polar surface area (TPSA) is 118 Å². The number of alkyl halides is 2. The smallest absolute Gasteiger partial charge is 0.326 e. The second-order valence-electron chi connectivity index (χ2n) is 9.08. The Morgan fingerprint density at radius 3 is 2.83 bits per heavy atom. The van der Waals surface area contributed by atoms with Crippen molar-refractivity contribution in [1.29, 1.82) is 0 Å². The third-order valence-electron chi connectivity index (χ3n) is 6.58. The fourth-order valence-electron chi connectivity index (χ4n) is 4.39. The predicted molar refractivity (Wildman–Crippen MR) is 123 cm³/mol. The zero-order valence-corrected chi connectivity index (χ0v) is 19.5. The van der Waals surface area contributed by atoms with Crippen molar-refractivity contribution >= 4 is 17.7 Å². The first-order valence-electron chi connectivity index (χ1n) is 12.1. The molecule has 2 aromatic rings. The van der Waals surface area contributed by atoms with Gasteiger partial charge in [-0.15, -0.1) is 0 Å². The van der Waals surface area contributed by atoms with Crippen molar-refractivity contribution in [3.8, 4) is 0 Å². The van der Waals surface area contributed by atoms with Gasteiger partial charge in [-0.1, -0.05) is 6.07 Å². The summed E-state index contributed by atoms with van der Waals surface area (Å²) in [6.45, 7) is 1.59. The van der Waals surface area contributed by atoms with Gasteiger partial charge in [-0.2, -0.15) is 0 Å². The lowest BCUT2D eigenvalue weighted by molar-refractivity contribution is -0.143. The first kappa shape index (κ1) is 25.0. The zero-order chi connectivity index (χ0) is 24.8. The summed E-state index contributed by atoms with van der Waals surface area (Å²) in [5.41, 5.74) is 0.746. The molecule has 3 heterocycles. The maximum atomic E-state index is 13.2. The number of hydrogen-bond acceptors (Lipinski definition) is 6. The van der Waals surface area contributed by atoms with Crippen LogP contribution in [-0.4, -0.2) is 57.3 Å². The number of carboxylic acid groups (broad SMARTS) is 1. The van der Waals surface area contributed by atoms with E-state index in [-0.39, 0.29) is 18.7 Å². The average molecular weight is 492 g/mol. The fourth-order valence-corrected chi connectivity index (χ4v) is 4.39. The number of unbranched alkanes of at least 4 members (excludes halogenated alkanes) is 1. The van der Waals surface area contributed by atoms with Crippen LogP contribution >= 0.6 is 0 Å². The van der Waals surface area contributed by atoms with Crippen molar-refractivity contribution in [3.63, 3.8) is 0 Å². The quantitative estimate of drug-likeness (QED) is 0.369. The van der Waals surface area contributed by atoms with Gasteiger partial charge in [0.2, 0.25) is 5.91 Å². The number of aliphatic carboxylic acids is 1. The van der Waals surface area contributed by atoms with Crippen LogP contribution in [-0.2, 0) is 32.7 Å². The van der Waals surface area contributed by atoms with Crippen LogP contribution < -0.4 is 10.6 Å². The maximum Gasteiger partial charge on any atom is 0.326 e. The fraction of sp³-hybridized carbons (Fsp3) is 0.583. The highest BCUT2D eigenvalue weighted by molar-refractivity contribution is 5.91. The number of rotatable bonds is 13. The summed E-state index contributed by atoms with van der Waals surface area (Å²) in [7, 11) is 0. The number of anilines is 1. The first-order valence-corrected chi connectivity index (χ1v) is 12.1. The van der Waals surface area contributed by atoms with Gasteiger partial charge in [0, 0.05) is 31.9 Å². The van der Waals surface area contributed by atoms with Crippen molar-refractivity contribution in [2.45, 2.75) is 69.4 Å². The first-order chi connectivity index (χ1) is 16.9. The molecule has 1 saturated carbocycles. The van der Waals surface area contributed by atoms with E-state index in [9.17, 15) is 23.5 Å². The molecular weight excluding hydrogens is 460 g/mol. The van der Waals surface area contributed by atoms with E-state index in [1.54, 1.807) is 0 Å². The molecule has 1 aliphatic heterocycles. The lowest BCUT2D eigenvalue weighted by Crippen LogP contribution is -2.48. The van der Waals surface area contributed by atoms with Gasteiger partial charge in [-0.3, -0.25) is 4.79 Å². The van der Waals surface area contributed by atoms with Crippen molar-refractivity contribution in [1.82, 2.24) is 19.9 Å². The summed E-state index contributed by atoms with van der Waals surface area (Å²) in [5.74, 6) is -0.792. The minimum Gasteiger partial charge on any atom is -0.480 e. The van der Waals surface area contributed by atoms with E-state index >= 15 is 0 Å². The van der Waals surface area contributed by atoms with Crippen LogP contribution in [0.4, 0.5) is 14.6 Å². The van der Waals surface area contributed by atoms with Gasteiger partial charge in [0.15, 0.2) is 0 Å². The lowest BCUT2D eigenvalue weighted by atomic mass is 10.1. The number of pyridine rings is 1. The molecule has 2 aliphatic rings. The number of carbonyl (C=O) groups excluding carboxylic acids is 1.